The summed E-state index contributed by atoms with van der Waals surface area (Å²) >= 11 is 3.44. The molecule has 5 heteroatoms. The molecule has 1 heterocycles. The van der Waals surface area contributed by atoms with Crippen LogP contribution in [0.25, 0.3) is 0 Å². The van der Waals surface area contributed by atoms with E-state index in [2.05, 4.69) is 51.6 Å². The minimum atomic E-state index is 0.0909. The molecule has 1 unspecified atom stereocenters. The van der Waals surface area contributed by atoms with Crippen molar-refractivity contribution >= 4 is 15.9 Å². The molecule has 0 spiro atoms. The van der Waals surface area contributed by atoms with Crippen LogP contribution in [0.4, 0.5) is 0 Å². The average molecular weight is 323 g/mol. The minimum Gasteiger partial charge on any atom is -0.272 e. The molecule has 0 saturated heterocycles. The number of rotatable bonds is 5. The molecule has 102 valence electrons. The summed E-state index contributed by atoms with van der Waals surface area (Å²) in [5.74, 6) is 5.69. The van der Waals surface area contributed by atoms with E-state index in [-0.39, 0.29) is 6.04 Å². The second-order valence-corrected chi connectivity index (χ2v) is 5.49. The first-order valence-electron chi connectivity index (χ1n) is 6.37. The Morgan fingerprint density at radius 2 is 2.05 bits per heavy atom. The lowest BCUT2D eigenvalue weighted by molar-refractivity contribution is 0.530. The molecule has 3 N–H and O–H groups in total. The van der Waals surface area contributed by atoms with Gasteiger partial charge in [0, 0.05) is 23.6 Å². The van der Waals surface area contributed by atoms with Crippen molar-refractivity contribution in [3.05, 3.63) is 51.8 Å². The monoisotopic (exact) mass is 322 g/mol. The molecule has 0 saturated carbocycles. The predicted molar refractivity (Wildman–Crippen MR) is 80.5 cm³/mol. The lowest BCUT2D eigenvalue weighted by atomic mass is 10.0. The SMILES string of the molecule is CCc1cc(CC(NN)c2ccc(Br)cc2)n(C)n1. The van der Waals surface area contributed by atoms with E-state index in [9.17, 15) is 0 Å². The first-order chi connectivity index (χ1) is 9.13. The molecule has 0 aliphatic carbocycles. The fraction of sp³-hybridized carbons (Fsp3) is 0.357. The van der Waals surface area contributed by atoms with Crippen molar-refractivity contribution in [1.29, 1.82) is 0 Å². The Labute approximate surface area is 122 Å². The number of aromatic nitrogens is 2. The van der Waals surface area contributed by atoms with E-state index < -0.39 is 0 Å². The van der Waals surface area contributed by atoms with E-state index in [0.29, 0.717) is 0 Å². The topological polar surface area (TPSA) is 55.9 Å². The van der Waals surface area contributed by atoms with Crippen LogP contribution >= 0.6 is 15.9 Å². The normalized spacial score (nSPS) is 12.6. The third-order valence-corrected chi connectivity index (χ3v) is 3.81. The standard InChI is InChI=1S/C14H19BrN4/c1-3-12-8-13(19(2)18-12)9-14(17-16)10-4-6-11(15)7-5-10/h4-8,14,17H,3,9,16H2,1-2H3. The molecule has 4 nitrogen and oxygen atoms in total. The summed E-state index contributed by atoms with van der Waals surface area (Å²) < 4.78 is 3.00. The Hall–Kier alpha value is -1.17. The Kier molecular flexibility index (Phi) is 4.74. The summed E-state index contributed by atoms with van der Waals surface area (Å²) in [6.07, 6.45) is 1.77. The summed E-state index contributed by atoms with van der Waals surface area (Å²) in [7, 11) is 1.98. The number of aryl methyl sites for hydroxylation is 2. The van der Waals surface area contributed by atoms with Crippen LogP contribution in [-0.4, -0.2) is 9.78 Å². The lowest BCUT2D eigenvalue weighted by Crippen LogP contribution is -2.30. The van der Waals surface area contributed by atoms with Gasteiger partial charge in [-0.15, -0.1) is 0 Å². The maximum atomic E-state index is 5.69. The van der Waals surface area contributed by atoms with Crippen LogP contribution in [0.5, 0.6) is 0 Å². The van der Waals surface area contributed by atoms with Crippen LogP contribution in [0.1, 0.15) is 29.9 Å². The number of hydrazine groups is 1. The lowest BCUT2D eigenvalue weighted by Gasteiger charge is -2.16. The second-order valence-electron chi connectivity index (χ2n) is 4.58. The summed E-state index contributed by atoms with van der Waals surface area (Å²) in [5.41, 5.74) is 6.35. The Bertz CT molecular complexity index is 533. The fourth-order valence-electron chi connectivity index (χ4n) is 2.11. The zero-order valence-corrected chi connectivity index (χ0v) is 12.8. The number of nitrogens with two attached hydrogens (primary N) is 1. The molecule has 0 fully saturated rings. The molecule has 0 bridgehead atoms. The van der Waals surface area contributed by atoms with Gasteiger partial charge in [-0.1, -0.05) is 35.0 Å². The molecule has 19 heavy (non-hydrogen) atoms. The Morgan fingerprint density at radius 1 is 1.37 bits per heavy atom. The van der Waals surface area contributed by atoms with Crippen molar-refractivity contribution in [3.63, 3.8) is 0 Å². The number of nitrogens with one attached hydrogen (secondary N) is 1. The smallest absolute Gasteiger partial charge is 0.0624 e. The maximum Gasteiger partial charge on any atom is 0.0624 e. The van der Waals surface area contributed by atoms with E-state index >= 15 is 0 Å². The number of hydrogen-bond acceptors (Lipinski definition) is 3. The predicted octanol–water partition coefficient (Wildman–Crippen LogP) is 2.49. The second kappa shape index (κ2) is 6.32. The van der Waals surface area contributed by atoms with Gasteiger partial charge < -0.3 is 0 Å². The highest BCUT2D eigenvalue weighted by Crippen LogP contribution is 2.20. The minimum absolute atomic E-state index is 0.0909. The highest BCUT2D eigenvalue weighted by Gasteiger charge is 2.13. The number of nitrogens with zero attached hydrogens (tertiary/aromatic N) is 2. The molecular formula is C14H19BrN4. The van der Waals surface area contributed by atoms with E-state index in [4.69, 9.17) is 5.84 Å². The van der Waals surface area contributed by atoms with Crippen LogP contribution in [0, 0.1) is 0 Å². The van der Waals surface area contributed by atoms with Crippen LogP contribution in [0.15, 0.2) is 34.8 Å². The molecule has 0 radical (unpaired) electrons. The van der Waals surface area contributed by atoms with Gasteiger partial charge in [-0.25, -0.2) is 0 Å². The fourth-order valence-corrected chi connectivity index (χ4v) is 2.38. The summed E-state index contributed by atoms with van der Waals surface area (Å²) in [4.78, 5) is 0. The summed E-state index contributed by atoms with van der Waals surface area (Å²) in [6.45, 7) is 2.11. The van der Waals surface area contributed by atoms with Crippen molar-refractivity contribution in [1.82, 2.24) is 15.2 Å². The van der Waals surface area contributed by atoms with Crippen LogP contribution < -0.4 is 11.3 Å². The van der Waals surface area contributed by atoms with Gasteiger partial charge in [0.25, 0.3) is 0 Å². The van der Waals surface area contributed by atoms with Crippen molar-refractivity contribution in [2.45, 2.75) is 25.8 Å². The molecule has 0 aliphatic heterocycles. The third-order valence-electron chi connectivity index (χ3n) is 3.28. The molecule has 1 aromatic heterocycles. The van der Waals surface area contributed by atoms with Gasteiger partial charge in [0.2, 0.25) is 0 Å². The molecule has 2 aromatic rings. The Morgan fingerprint density at radius 3 is 2.58 bits per heavy atom. The Balaban J connectivity index is 2.18. The van der Waals surface area contributed by atoms with Gasteiger partial charge in [0.1, 0.15) is 0 Å². The highest BCUT2D eigenvalue weighted by molar-refractivity contribution is 9.10. The van der Waals surface area contributed by atoms with Gasteiger partial charge in [-0.2, -0.15) is 5.10 Å². The molecule has 0 aliphatic rings. The first kappa shape index (κ1) is 14.2. The van der Waals surface area contributed by atoms with Gasteiger partial charge in [-0.3, -0.25) is 16.0 Å². The third kappa shape index (κ3) is 3.43. The van der Waals surface area contributed by atoms with Gasteiger partial charge in [0.05, 0.1) is 11.7 Å². The molecular weight excluding hydrogens is 304 g/mol. The highest BCUT2D eigenvalue weighted by atomic mass is 79.9. The van der Waals surface area contributed by atoms with Crippen molar-refractivity contribution in [2.24, 2.45) is 12.9 Å². The van der Waals surface area contributed by atoms with E-state index in [1.54, 1.807) is 0 Å². The maximum absolute atomic E-state index is 5.69. The van der Waals surface area contributed by atoms with Gasteiger partial charge >= 0.3 is 0 Å². The van der Waals surface area contributed by atoms with E-state index in [0.717, 1.165) is 23.0 Å². The van der Waals surface area contributed by atoms with Crippen LogP contribution in [0.2, 0.25) is 0 Å². The zero-order valence-electron chi connectivity index (χ0n) is 11.2. The number of halogens is 1. The first-order valence-corrected chi connectivity index (χ1v) is 7.16. The van der Waals surface area contributed by atoms with Crippen LogP contribution in [-0.2, 0) is 19.9 Å². The van der Waals surface area contributed by atoms with Crippen molar-refractivity contribution < 1.29 is 0 Å². The van der Waals surface area contributed by atoms with Gasteiger partial charge in [-0.05, 0) is 30.2 Å². The summed E-state index contributed by atoms with van der Waals surface area (Å²) in [6, 6.07) is 10.4. The molecule has 1 aromatic carbocycles. The zero-order chi connectivity index (χ0) is 13.8. The van der Waals surface area contributed by atoms with Crippen molar-refractivity contribution in [3.8, 4) is 0 Å². The summed E-state index contributed by atoms with van der Waals surface area (Å²) in [5, 5.41) is 4.46. The van der Waals surface area contributed by atoms with Gasteiger partial charge in [0.15, 0.2) is 0 Å². The quantitative estimate of drug-likeness (QED) is 0.657. The largest absolute Gasteiger partial charge is 0.272 e. The van der Waals surface area contributed by atoms with E-state index in [1.807, 2.05) is 23.9 Å². The van der Waals surface area contributed by atoms with Crippen LogP contribution in [0.3, 0.4) is 0 Å². The van der Waals surface area contributed by atoms with E-state index in [1.165, 1.54) is 11.3 Å². The average Bonchev–Trinajstić information content (AvgIpc) is 2.78. The van der Waals surface area contributed by atoms with Crippen molar-refractivity contribution in [2.75, 3.05) is 0 Å². The number of benzene rings is 1. The molecule has 2 rings (SSSR count). The molecule has 1 atom stereocenters. The number of hydrogen-bond donors (Lipinski definition) is 2. The molecule has 0 amide bonds.